The molecule has 1 aromatic heterocycles. The molecule has 0 bridgehead atoms. The molecule has 0 aliphatic carbocycles. The standard InChI is InChI=1S/C18H20FN3O/c1-2-13(11-20)3-4-14-5-8-16(9-6-14)22-18(23)17-10-7-15(19)12-21-17/h5-13,20H,2-4H2,1H3,(H,22,23). The van der Waals surface area contributed by atoms with Crippen LogP contribution in [0.2, 0.25) is 0 Å². The number of aromatic nitrogens is 1. The monoisotopic (exact) mass is 313 g/mol. The van der Waals surface area contributed by atoms with Crippen LogP contribution in [-0.4, -0.2) is 17.1 Å². The van der Waals surface area contributed by atoms with Gasteiger partial charge < -0.3 is 10.7 Å². The van der Waals surface area contributed by atoms with E-state index in [4.69, 9.17) is 5.41 Å². The molecule has 1 heterocycles. The molecule has 1 amide bonds. The normalized spacial score (nSPS) is 11.7. The molecular weight excluding hydrogens is 293 g/mol. The molecule has 0 fully saturated rings. The Bertz CT molecular complexity index is 653. The Labute approximate surface area is 135 Å². The van der Waals surface area contributed by atoms with Gasteiger partial charge in [-0.15, -0.1) is 0 Å². The number of hydrogen-bond acceptors (Lipinski definition) is 3. The van der Waals surface area contributed by atoms with Crippen molar-refractivity contribution in [3.8, 4) is 0 Å². The highest BCUT2D eigenvalue weighted by Gasteiger charge is 2.08. The van der Waals surface area contributed by atoms with Crippen molar-refractivity contribution in [2.75, 3.05) is 5.32 Å². The van der Waals surface area contributed by atoms with E-state index in [1.807, 2.05) is 24.3 Å². The number of amides is 1. The molecule has 1 atom stereocenters. The zero-order valence-electron chi connectivity index (χ0n) is 13.1. The van der Waals surface area contributed by atoms with E-state index in [-0.39, 0.29) is 11.6 Å². The van der Waals surface area contributed by atoms with Gasteiger partial charge >= 0.3 is 0 Å². The minimum absolute atomic E-state index is 0.173. The maximum atomic E-state index is 12.8. The predicted molar refractivity (Wildman–Crippen MR) is 89.5 cm³/mol. The maximum Gasteiger partial charge on any atom is 0.274 e. The Morgan fingerprint density at radius 2 is 2.04 bits per heavy atom. The van der Waals surface area contributed by atoms with Crippen LogP contribution in [0.3, 0.4) is 0 Å². The quantitative estimate of drug-likeness (QED) is 0.756. The van der Waals surface area contributed by atoms with Crippen molar-refractivity contribution in [2.24, 2.45) is 5.92 Å². The van der Waals surface area contributed by atoms with E-state index in [1.54, 1.807) is 0 Å². The number of benzene rings is 1. The third-order valence-electron chi connectivity index (χ3n) is 3.74. The van der Waals surface area contributed by atoms with Crippen LogP contribution in [0.1, 0.15) is 35.8 Å². The van der Waals surface area contributed by atoms with Crippen LogP contribution >= 0.6 is 0 Å². The van der Waals surface area contributed by atoms with E-state index < -0.39 is 5.82 Å². The molecule has 1 unspecified atom stereocenters. The Balaban J connectivity index is 1.93. The van der Waals surface area contributed by atoms with Crippen LogP contribution < -0.4 is 5.32 Å². The molecule has 0 saturated heterocycles. The van der Waals surface area contributed by atoms with E-state index >= 15 is 0 Å². The average Bonchev–Trinajstić information content (AvgIpc) is 2.58. The van der Waals surface area contributed by atoms with Gasteiger partial charge in [0.2, 0.25) is 0 Å². The lowest BCUT2D eigenvalue weighted by Crippen LogP contribution is -2.13. The lowest BCUT2D eigenvalue weighted by molar-refractivity contribution is 0.102. The van der Waals surface area contributed by atoms with Gasteiger partial charge in [0.05, 0.1) is 6.20 Å². The summed E-state index contributed by atoms with van der Waals surface area (Å²) in [4.78, 5) is 15.7. The van der Waals surface area contributed by atoms with Crippen molar-refractivity contribution < 1.29 is 9.18 Å². The summed E-state index contributed by atoms with van der Waals surface area (Å²) in [6.07, 6.45) is 5.35. The fourth-order valence-electron chi connectivity index (χ4n) is 2.22. The van der Waals surface area contributed by atoms with E-state index in [9.17, 15) is 9.18 Å². The molecule has 0 saturated carbocycles. The summed E-state index contributed by atoms with van der Waals surface area (Å²) in [6.45, 7) is 2.08. The summed E-state index contributed by atoms with van der Waals surface area (Å²) < 4.78 is 12.8. The van der Waals surface area contributed by atoms with Crippen molar-refractivity contribution in [3.05, 3.63) is 59.7 Å². The number of halogens is 1. The largest absolute Gasteiger partial charge is 0.321 e. The van der Waals surface area contributed by atoms with E-state index in [0.717, 1.165) is 25.5 Å². The van der Waals surface area contributed by atoms with Crippen molar-refractivity contribution in [1.29, 1.82) is 5.41 Å². The van der Waals surface area contributed by atoms with E-state index in [2.05, 4.69) is 17.2 Å². The SMILES string of the molecule is CCC(C=N)CCc1ccc(NC(=O)c2ccc(F)cn2)cc1. The molecule has 2 N–H and O–H groups in total. The first-order chi connectivity index (χ1) is 11.1. The summed E-state index contributed by atoms with van der Waals surface area (Å²) >= 11 is 0. The summed E-state index contributed by atoms with van der Waals surface area (Å²) in [5.41, 5.74) is 2.01. The Morgan fingerprint density at radius 3 is 2.61 bits per heavy atom. The minimum Gasteiger partial charge on any atom is -0.321 e. The third-order valence-corrected chi connectivity index (χ3v) is 3.74. The van der Waals surface area contributed by atoms with Gasteiger partial charge in [-0.1, -0.05) is 19.1 Å². The smallest absolute Gasteiger partial charge is 0.274 e. The lowest BCUT2D eigenvalue weighted by Gasteiger charge is -2.09. The summed E-state index contributed by atoms with van der Waals surface area (Å²) in [5, 5.41) is 10.1. The third kappa shape index (κ3) is 4.98. The minimum atomic E-state index is -0.471. The molecule has 0 spiro atoms. The van der Waals surface area contributed by atoms with Crippen molar-refractivity contribution in [3.63, 3.8) is 0 Å². The van der Waals surface area contributed by atoms with E-state index in [0.29, 0.717) is 11.6 Å². The predicted octanol–water partition coefficient (Wildman–Crippen LogP) is 4.08. The van der Waals surface area contributed by atoms with Gasteiger partial charge in [-0.3, -0.25) is 4.79 Å². The number of pyridine rings is 1. The van der Waals surface area contributed by atoms with Crippen molar-refractivity contribution >= 4 is 17.8 Å². The zero-order chi connectivity index (χ0) is 16.7. The fourth-order valence-corrected chi connectivity index (χ4v) is 2.22. The number of hydrogen-bond donors (Lipinski definition) is 2. The number of carbonyl (C=O) groups is 1. The summed E-state index contributed by atoms with van der Waals surface area (Å²) in [7, 11) is 0. The van der Waals surface area contributed by atoms with Gasteiger partial charge in [-0.2, -0.15) is 0 Å². The fraction of sp³-hybridized carbons (Fsp3) is 0.278. The maximum absolute atomic E-state index is 12.8. The van der Waals surface area contributed by atoms with Gasteiger partial charge in [0.1, 0.15) is 11.5 Å². The van der Waals surface area contributed by atoms with Gasteiger partial charge in [0.25, 0.3) is 5.91 Å². The first kappa shape index (κ1) is 16.8. The topological polar surface area (TPSA) is 65.8 Å². The van der Waals surface area contributed by atoms with Gasteiger partial charge in [-0.05, 0) is 61.2 Å². The molecular formula is C18H20FN3O. The molecule has 23 heavy (non-hydrogen) atoms. The second-order valence-electron chi connectivity index (χ2n) is 5.39. The number of rotatable bonds is 7. The second-order valence-corrected chi connectivity index (χ2v) is 5.39. The van der Waals surface area contributed by atoms with Crippen molar-refractivity contribution in [1.82, 2.24) is 4.98 Å². The summed E-state index contributed by atoms with van der Waals surface area (Å²) in [5.74, 6) is -0.521. The lowest BCUT2D eigenvalue weighted by atomic mass is 9.98. The highest BCUT2D eigenvalue weighted by Crippen LogP contribution is 2.15. The zero-order valence-corrected chi connectivity index (χ0v) is 13.1. The molecule has 0 aliphatic rings. The molecule has 1 aromatic carbocycles. The van der Waals surface area contributed by atoms with Crippen LogP contribution in [0, 0.1) is 17.1 Å². The van der Waals surface area contributed by atoms with Crippen molar-refractivity contribution in [2.45, 2.75) is 26.2 Å². The number of nitrogens with one attached hydrogen (secondary N) is 2. The molecule has 120 valence electrons. The molecule has 0 aliphatic heterocycles. The first-order valence-corrected chi connectivity index (χ1v) is 7.64. The average molecular weight is 313 g/mol. The second kappa shape index (κ2) is 8.17. The Hall–Kier alpha value is -2.56. The first-order valence-electron chi connectivity index (χ1n) is 7.64. The number of anilines is 1. The van der Waals surface area contributed by atoms with Gasteiger partial charge in [-0.25, -0.2) is 9.37 Å². The summed E-state index contributed by atoms with van der Waals surface area (Å²) in [6, 6.07) is 10.2. The van der Waals surface area contributed by atoms with Crippen LogP contribution in [0.15, 0.2) is 42.6 Å². The number of aryl methyl sites for hydroxylation is 1. The highest BCUT2D eigenvalue weighted by atomic mass is 19.1. The van der Waals surface area contributed by atoms with E-state index in [1.165, 1.54) is 23.9 Å². The van der Waals surface area contributed by atoms with Gasteiger partial charge in [0.15, 0.2) is 0 Å². The Kier molecular flexibility index (Phi) is 5.97. The molecule has 5 heteroatoms. The molecule has 2 rings (SSSR count). The van der Waals surface area contributed by atoms with Crippen LogP contribution in [0.5, 0.6) is 0 Å². The van der Waals surface area contributed by atoms with Gasteiger partial charge in [0, 0.05) is 5.69 Å². The molecule has 0 radical (unpaired) electrons. The van der Waals surface area contributed by atoms with Crippen LogP contribution in [-0.2, 0) is 6.42 Å². The van der Waals surface area contributed by atoms with Crippen LogP contribution in [0.25, 0.3) is 0 Å². The molecule has 2 aromatic rings. The number of carbonyl (C=O) groups excluding carboxylic acids is 1. The number of nitrogens with zero attached hydrogens (tertiary/aromatic N) is 1. The molecule has 4 nitrogen and oxygen atoms in total. The highest BCUT2D eigenvalue weighted by molar-refractivity contribution is 6.02. The van der Waals surface area contributed by atoms with Crippen LogP contribution in [0.4, 0.5) is 10.1 Å². The Morgan fingerprint density at radius 1 is 1.30 bits per heavy atom.